The monoisotopic (exact) mass is 324 g/mol. The molecule has 1 saturated heterocycles. The molecule has 0 atom stereocenters. The zero-order valence-electron chi connectivity index (χ0n) is 13.4. The van der Waals surface area contributed by atoms with Gasteiger partial charge in [0.2, 0.25) is 15.9 Å². The Morgan fingerprint density at radius 2 is 1.91 bits per heavy atom. The highest BCUT2D eigenvalue weighted by Crippen LogP contribution is 2.24. The molecule has 1 aliphatic heterocycles. The summed E-state index contributed by atoms with van der Waals surface area (Å²) in [6, 6.07) is 5.57. The second kappa shape index (κ2) is 6.79. The van der Waals surface area contributed by atoms with Crippen molar-refractivity contribution in [1.82, 2.24) is 9.62 Å². The highest BCUT2D eigenvalue weighted by Gasteiger charge is 2.30. The van der Waals surface area contributed by atoms with Crippen molar-refractivity contribution in [2.24, 2.45) is 0 Å². The van der Waals surface area contributed by atoms with E-state index in [0.29, 0.717) is 37.2 Å². The van der Waals surface area contributed by atoms with E-state index in [-0.39, 0.29) is 11.9 Å². The van der Waals surface area contributed by atoms with E-state index in [1.54, 1.807) is 6.07 Å². The lowest BCUT2D eigenvalue weighted by molar-refractivity contribution is -0.121. The molecule has 0 aromatic heterocycles. The van der Waals surface area contributed by atoms with Crippen molar-refractivity contribution in [2.45, 2.75) is 51.0 Å². The fourth-order valence-electron chi connectivity index (χ4n) is 2.69. The number of hydrogen-bond acceptors (Lipinski definition) is 3. The Bertz CT molecular complexity index is 647. The number of amides is 1. The van der Waals surface area contributed by atoms with Crippen LogP contribution in [-0.4, -0.2) is 37.8 Å². The van der Waals surface area contributed by atoms with Crippen LogP contribution in [0.15, 0.2) is 23.1 Å². The van der Waals surface area contributed by atoms with Crippen LogP contribution in [0.1, 0.15) is 37.3 Å². The van der Waals surface area contributed by atoms with E-state index >= 15 is 0 Å². The SMILES string of the molecule is CCC(=O)NC1CCN(S(=O)(=O)c2cc(C)ccc2C)CC1. The fraction of sp³-hybridized carbons (Fsp3) is 0.562. The number of hydrogen-bond donors (Lipinski definition) is 1. The molecule has 1 amide bonds. The van der Waals surface area contributed by atoms with E-state index < -0.39 is 10.0 Å². The third-order valence-corrected chi connectivity index (χ3v) is 6.14. The van der Waals surface area contributed by atoms with Crippen molar-refractivity contribution in [3.8, 4) is 0 Å². The predicted molar refractivity (Wildman–Crippen MR) is 86.1 cm³/mol. The third kappa shape index (κ3) is 3.67. The molecule has 6 heteroatoms. The third-order valence-electron chi connectivity index (χ3n) is 4.10. The molecule has 1 N–H and O–H groups in total. The largest absolute Gasteiger partial charge is 0.353 e. The zero-order chi connectivity index (χ0) is 16.3. The molecular formula is C16H24N2O3S. The van der Waals surface area contributed by atoms with Crippen LogP contribution in [-0.2, 0) is 14.8 Å². The van der Waals surface area contributed by atoms with Crippen molar-refractivity contribution < 1.29 is 13.2 Å². The molecule has 1 aromatic rings. The molecule has 5 nitrogen and oxygen atoms in total. The Balaban J connectivity index is 2.10. The topological polar surface area (TPSA) is 66.5 Å². The lowest BCUT2D eigenvalue weighted by atomic mass is 10.1. The molecule has 0 radical (unpaired) electrons. The van der Waals surface area contributed by atoms with Gasteiger partial charge in [0.25, 0.3) is 0 Å². The fourth-order valence-corrected chi connectivity index (χ4v) is 4.47. The first-order valence-electron chi connectivity index (χ1n) is 7.71. The van der Waals surface area contributed by atoms with E-state index in [4.69, 9.17) is 0 Å². The smallest absolute Gasteiger partial charge is 0.243 e. The van der Waals surface area contributed by atoms with Crippen molar-refractivity contribution in [1.29, 1.82) is 0 Å². The minimum atomic E-state index is -3.45. The van der Waals surface area contributed by atoms with Crippen molar-refractivity contribution in [3.05, 3.63) is 29.3 Å². The predicted octanol–water partition coefficient (Wildman–Crippen LogP) is 1.98. The van der Waals surface area contributed by atoms with Gasteiger partial charge in [0.05, 0.1) is 4.90 Å². The minimum absolute atomic E-state index is 0.0239. The molecule has 1 aliphatic rings. The Hall–Kier alpha value is -1.40. The number of carbonyl (C=O) groups is 1. The summed E-state index contributed by atoms with van der Waals surface area (Å²) in [5, 5.41) is 2.94. The van der Waals surface area contributed by atoms with Gasteiger partial charge in [-0.05, 0) is 43.9 Å². The quantitative estimate of drug-likeness (QED) is 0.921. The van der Waals surface area contributed by atoms with Crippen molar-refractivity contribution >= 4 is 15.9 Å². The Labute approximate surface area is 132 Å². The molecule has 1 aromatic carbocycles. The number of nitrogens with zero attached hydrogens (tertiary/aromatic N) is 1. The van der Waals surface area contributed by atoms with Gasteiger partial charge in [-0.2, -0.15) is 4.31 Å². The van der Waals surface area contributed by atoms with Gasteiger partial charge in [0.1, 0.15) is 0 Å². The minimum Gasteiger partial charge on any atom is -0.353 e. The van der Waals surface area contributed by atoms with Gasteiger partial charge in [0, 0.05) is 25.6 Å². The molecule has 0 spiro atoms. The summed E-state index contributed by atoms with van der Waals surface area (Å²) in [5.74, 6) is 0.0239. The Morgan fingerprint density at radius 1 is 1.27 bits per heavy atom. The first kappa shape index (κ1) is 17.0. The van der Waals surface area contributed by atoms with E-state index in [1.807, 2.05) is 32.9 Å². The molecule has 0 aliphatic carbocycles. The summed E-state index contributed by atoms with van der Waals surface area (Å²) < 4.78 is 27.1. The normalized spacial score (nSPS) is 17.4. The molecule has 0 bridgehead atoms. The highest BCUT2D eigenvalue weighted by molar-refractivity contribution is 7.89. The number of carbonyl (C=O) groups excluding carboxylic acids is 1. The van der Waals surface area contributed by atoms with Crippen LogP contribution in [0.4, 0.5) is 0 Å². The van der Waals surface area contributed by atoms with Crippen LogP contribution in [0.5, 0.6) is 0 Å². The van der Waals surface area contributed by atoms with Gasteiger partial charge in [-0.15, -0.1) is 0 Å². The van der Waals surface area contributed by atoms with Crippen LogP contribution in [0.3, 0.4) is 0 Å². The lowest BCUT2D eigenvalue weighted by Gasteiger charge is -2.32. The molecule has 122 valence electrons. The molecule has 22 heavy (non-hydrogen) atoms. The van der Waals surface area contributed by atoms with Crippen LogP contribution < -0.4 is 5.32 Å². The summed E-state index contributed by atoms with van der Waals surface area (Å²) in [7, 11) is -3.45. The molecule has 1 fully saturated rings. The van der Waals surface area contributed by atoms with Gasteiger partial charge < -0.3 is 5.32 Å². The Kier molecular flexibility index (Phi) is 5.24. The number of nitrogens with one attached hydrogen (secondary N) is 1. The summed E-state index contributed by atoms with van der Waals surface area (Å²) >= 11 is 0. The molecule has 1 heterocycles. The lowest BCUT2D eigenvalue weighted by Crippen LogP contribution is -2.46. The summed E-state index contributed by atoms with van der Waals surface area (Å²) in [5.41, 5.74) is 1.71. The van der Waals surface area contributed by atoms with Crippen LogP contribution >= 0.6 is 0 Å². The zero-order valence-corrected chi connectivity index (χ0v) is 14.2. The average Bonchev–Trinajstić information content (AvgIpc) is 2.50. The molecular weight excluding hydrogens is 300 g/mol. The molecule has 0 unspecified atom stereocenters. The maximum Gasteiger partial charge on any atom is 0.243 e. The van der Waals surface area contributed by atoms with Crippen molar-refractivity contribution in [3.63, 3.8) is 0 Å². The first-order chi connectivity index (χ1) is 10.3. The van der Waals surface area contributed by atoms with Gasteiger partial charge >= 0.3 is 0 Å². The average molecular weight is 324 g/mol. The van der Waals surface area contributed by atoms with Crippen LogP contribution in [0.2, 0.25) is 0 Å². The van der Waals surface area contributed by atoms with E-state index in [1.165, 1.54) is 4.31 Å². The second-order valence-electron chi connectivity index (χ2n) is 5.87. The number of rotatable bonds is 4. The maximum atomic E-state index is 12.8. The highest BCUT2D eigenvalue weighted by atomic mass is 32.2. The standard InChI is InChI=1S/C16H24N2O3S/c1-4-16(19)17-14-7-9-18(10-8-14)22(20,21)15-11-12(2)5-6-13(15)3/h5-6,11,14H,4,7-10H2,1-3H3,(H,17,19). The van der Waals surface area contributed by atoms with E-state index in [9.17, 15) is 13.2 Å². The maximum absolute atomic E-state index is 12.8. The van der Waals surface area contributed by atoms with Gasteiger partial charge in [-0.1, -0.05) is 19.1 Å². The van der Waals surface area contributed by atoms with Crippen LogP contribution in [0, 0.1) is 13.8 Å². The van der Waals surface area contributed by atoms with Crippen LogP contribution in [0.25, 0.3) is 0 Å². The molecule has 0 saturated carbocycles. The Morgan fingerprint density at radius 3 is 2.50 bits per heavy atom. The van der Waals surface area contributed by atoms with Gasteiger partial charge in [0.15, 0.2) is 0 Å². The summed E-state index contributed by atoms with van der Waals surface area (Å²) in [4.78, 5) is 11.8. The second-order valence-corrected chi connectivity index (χ2v) is 7.77. The summed E-state index contributed by atoms with van der Waals surface area (Å²) in [6.45, 7) is 6.43. The first-order valence-corrected chi connectivity index (χ1v) is 9.15. The number of piperidine rings is 1. The number of aryl methyl sites for hydroxylation is 2. The van der Waals surface area contributed by atoms with Gasteiger partial charge in [-0.25, -0.2) is 8.42 Å². The van der Waals surface area contributed by atoms with Gasteiger partial charge in [-0.3, -0.25) is 4.79 Å². The van der Waals surface area contributed by atoms with E-state index in [2.05, 4.69) is 5.32 Å². The van der Waals surface area contributed by atoms with Crippen molar-refractivity contribution in [2.75, 3.05) is 13.1 Å². The number of sulfonamides is 1. The molecule has 2 rings (SSSR count). The van der Waals surface area contributed by atoms with E-state index in [0.717, 1.165) is 11.1 Å². The number of benzene rings is 1. The summed E-state index contributed by atoms with van der Waals surface area (Å²) in [6.07, 6.45) is 1.78.